The van der Waals surface area contributed by atoms with Crippen molar-refractivity contribution in [1.82, 2.24) is 87.0 Å². The van der Waals surface area contributed by atoms with E-state index >= 15 is 28.8 Å². The lowest BCUT2D eigenvalue weighted by Gasteiger charge is -2.37. The van der Waals surface area contributed by atoms with Gasteiger partial charge in [-0.05, 0) is 133 Å². The third-order valence-electron chi connectivity index (χ3n) is 22.0. The van der Waals surface area contributed by atoms with E-state index in [0.717, 1.165) is 21.5 Å². The van der Waals surface area contributed by atoms with Gasteiger partial charge in [-0.3, -0.25) is 47.9 Å². The van der Waals surface area contributed by atoms with Crippen LogP contribution in [-0.4, -0.2) is 207 Å². The second-order valence-electron chi connectivity index (χ2n) is 32.7. The molecule has 7 aliphatic rings. The number of ether oxygens (including phenoxy) is 3. The minimum absolute atomic E-state index is 0.00539. The maximum absolute atomic E-state index is 15.8. The molecule has 620 valence electrons. The van der Waals surface area contributed by atoms with E-state index < -0.39 is 158 Å². The van der Waals surface area contributed by atoms with Crippen molar-refractivity contribution in [2.75, 3.05) is 34.3 Å². The van der Waals surface area contributed by atoms with E-state index in [0.29, 0.717) is 52.3 Å². The van der Waals surface area contributed by atoms with Crippen LogP contribution in [0.4, 0.5) is 0 Å². The van der Waals surface area contributed by atoms with Gasteiger partial charge in [-0.2, -0.15) is 0 Å². The molecule has 15 rings (SSSR count). The first-order chi connectivity index (χ1) is 55.7. The number of carbonyl (C=O) groups excluding carboxylic acids is 10. The highest BCUT2D eigenvalue weighted by atomic mass is 32.2. The number of carbonyl (C=O) groups is 10. The maximum Gasteiger partial charge on any atom is 0.328 e. The lowest BCUT2D eigenvalue weighted by Crippen LogP contribution is -2.62. The van der Waals surface area contributed by atoms with Crippen molar-refractivity contribution in [2.45, 2.75) is 198 Å². The monoisotopic (exact) mass is 1620 g/mol. The summed E-state index contributed by atoms with van der Waals surface area (Å²) >= 11 is 0. The molecule has 6 aliphatic heterocycles. The molecule has 1 unspecified atom stereocenters. The van der Waals surface area contributed by atoms with E-state index in [4.69, 9.17) is 14.2 Å². The van der Waals surface area contributed by atoms with Gasteiger partial charge < -0.3 is 66.5 Å². The molecule has 2 aromatic heterocycles. The number of nitrogens with zero attached hydrogens (tertiary/aromatic N) is 8. The molecule has 8 aromatic rings. The SMILES string of the molecule is CN[C@@H](C)C(=O)N[C@H](C(=O)N1CCC2[C@H]1C(=O)N[C@@H](Cc1ccc3ccccc3c1)C(=O)N[C@H](C(=O)OC)Cc1ccc(cc1)OCc1cn(nn1)[C@@H]1CCN(C(=O)[C@@H](NC(=O)[C@H](C)NC)C(C)(C)C)[C@@H]1C(=O)N[C@@H](Cc1ccc3ccccc3c1)C(=O)N[C@H](C(=O)NS(=O)(=O)C1CC1)Cc1ccc(cc1)OCc1cn2nn1)C(C)(C)C. The molecule has 33 heteroatoms. The van der Waals surface area contributed by atoms with Gasteiger partial charge in [0.2, 0.25) is 57.3 Å². The largest absolute Gasteiger partial charge is 0.487 e. The summed E-state index contributed by atoms with van der Waals surface area (Å²) in [6, 6.07) is 25.2. The predicted octanol–water partition coefficient (Wildman–Crippen LogP) is 3.90. The van der Waals surface area contributed by atoms with Gasteiger partial charge in [-0.25, -0.2) is 22.6 Å². The summed E-state index contributed by atoms with van der Waals surface area (Å²) in [4.78, 5) is 152. The van der Waals surface area contributed by atoms with Crippen molar-refractivity contribution in [3.63, 3.8) is 0 Å². The average molecular weight is 1620 g/mol. The number of hydrogen-bond acceptors (Lipinski definition) is 21. The van der Waals surface area contributed by atoms with Crippen LogP contribution in [0, 0.1) is 10.8 Å². The molecule has 2 saturated heterocycles. The Kier molecular flexibility index (Phi) is 26.2. The Labute approximate surface area is 678 Å². The van der Waals surface area contributed by atoms with Gasteiger partial charge in [-0.1, -0.05) is 161 Å². The molecule has 1 saturated carbocycles. The number of likely N-dealkylation sites (N-methyl/N-ethyl adjacent to an activating group) is 2. The second kappa shape index (κ2) is 36.2. The molecule has 8 bridgehead atoms. The van der Waals surface area contributed by atoms with Crippen LogP contribution in [0.5, 0.6) is 11.5 Å². The Morgan fingerprint density at radius 2 is 0.932 bits per heavy atom. The standard InChI is InChI=1S/C84H103N17O15S/c1-48(85-9)73(102)91-71(83(3,4)5)80(109)98-36-34-67-69(98)78(107)88-63(42-52-20-26-54-16-12-14-18-56(54)38-52)75(104)87-65(77(106)95-117(112,113)62-32-33-62)40-50-22-28-60(29-23-50)115-46-58-44-101(97-93-58)68-35-37-99(81(110)72(84(6,7)8)92-74(103)49(2)86-10)70(68)79(108)89-64(43-53-21-27-55-17-13-15-19-57(55)39-53)76(105)90-66(82(111)114-11)41-51-24-30-61(31-25-51)116-47-59-45-100(67)96-94-59/h12-31,38-39,44-45,48-49,62-72,85-86H,32-37,40-43,46-47H2,1-11H3,(H,87,104)(H,88,107)(H,89,108)(H,90,105)(H,91,102)(H,92,103)(H,95,106)/t48-,49-,63-,64-,65-,66-,67+,68?,69-,70-,71+,72+/m0/s1. The van der Waals surface area contributed by atoms with Crippen LogP contribution in [0.25, 0.3) is 21.5 Å². The van der Waals surface area contributed by atoms with Crippen LogP contribution >= 0.6 is 0 Å². The number of sulfonamides is 1. The normalized spacial score (nSPS) is 21.8. The summed E-state index contributed by atoms with van der Waals surface area (Å²) in [6.45, 7) is 13.6. The zero-order chi connectivity index (χ0) is 83.8. The molecule has 0 radical (unpaired) electrons. The first-order valence-corrected chi connectivity index (χ1v) is 40.9. The molecule has 1 aliphatic carbocycles. The quantitative estimate of drug-likeness (QED) is 0.0619. The fourth-order valence-electron chi connectivity index (χ4n) is 14.9. The minimum Gasteiger partial charge on any atom is -0.487 e. The maximum atomic E-state index is 15.8. The Balaban J connectivity index is 0.913. The van der Waals surface area contributed by atoms with Gasteiger partial charge in [0.05, 0.1) is 48.9 Å². The van der Waals surface area contributed by atoms with Crippen LogP contribution in [0.2, 0.25) is 0 Å². The smallest absolute Gasteiger partial charge is 0.328 e. The summed E-state index contributed by atoms with van der Waals surface area (Å²) in [5.74, 6) is -6.51. The number of benzene rings is 6. The third kappa shape index (κ3) is 20.6. The topological polar surface area (TPSA) is 409 Å². The predicted molar refractivity (Wildman–Crippen MR) is 432 cm³/mol. The molecule has 9 amide bonds. The molecule has 117 heavy (non-hydrogen) atoms. The van der Waals surface area contributed by atoms with Crippen LogP contribution in [-0.2, 0) is 102 Å². The molecule has 6 aromatic carbocycles. The first-order valence-electron chi connectivity index (χ1n) is 39.4. The van der Waals surface area contributed by atoms with Crippen LogP contribution in [0.15, 0.2) is 146 Å². The number of nitrogens with one attached hydrogen (secondary N) is 9. The van der Waals surface area contributed by atoms with Gasteiger partial charge in [-0.15, -0.1) is 10.2 Å². The number of esters is 1. The Morgan fingerprint density at radius 1 is 0.530 bits per heavy atom. The Morgan fingerprint density at radius 3 is 1.32 bits per heavy atom. The van der Waals surface area contributed by atoms with Crippen molar-refractivity contribution >= 4 is 90.7 Å². The number of methoxy groups -OCH3 is 1. The van der Waals surface area contributed by atoms with Crippen molar-refractivity contribution in [3.05, 3.63) is 179 Å². The van der Waals surface area contributed by atoms with Gasteiger partial charge in [0.25, 0.3) is 5.91 Å². The minimum atomic E-state index is -4.20. The molecular formula is C84H103N17O15S. The summed E-state index contributed by atoms with van der Waals surface area (Å²) in [5.41, 5.74) is 0.999. The molecular weight excluding hydrogens is 1520 g/mol. The Bertz CT molecular complexity index is 5120. The number of hydrogen-bond donors (Lipinski definition) is 9. The van der Waals surface area contributed by atoms with Gasteiger partial charge in [0.1, 0.15) is 84.4 Å². The number of likely N-dealkylation sites (tertiary alicyclic amines) is 2. The molecule has 0 spiro atoms. The summed E-state index contributed by atoms with van der Waals surface area (Å²) < 4.78 is 50.2. The zero-order valence-electron chi connectivity index (χ0n) is 67.5. The van der Waals surface area contributed by atoms with Crippen LogP contribution in [0.3, 0.4) is 0 Å². The van der Waals surface area contributed by atoms with Crippen molar-refractivity contribution < 1.29 is 70.6 Å². The average Bonchev–Trinajstić information content (AvgIpc) is 1.64. The van der Waals surface area contributed by atoms with Crippen LogP contribution in [0.1, 0.15) is 127 Å². The van der Waals surface area contributed by atoms with E-state index in [1.807, 2.05) is 78.9 Å². The fraction of sp³-hybridized carbons (Fsp3) is 0.452. The van der Waals surface area contributed by atoms with Crippen molar-refractivity contribution in [2.24, 2.45) is 10.8 Å². The third-order valence-corrected chi connectivity index (χ3v) is 23.8. The van der Waals surface area contributed by atoms with Gasteiger partial charge in [0.15, 0.2) is 0 Å². The van der Waals surface area contributed by atoms with E-state index in [2.05, 4.69) is 67.9 Å². The lowest BCUT2D eigenvalue weighted by atomic mass is 9.85. The summed E-state index contributed by atoms with van der Waals surface area (Å²) in [6.07, 6.45) is 3.42. The number of aromatic nitrogens is 6. The van der Waals surface area contributed by atoms with E-state index in [-0.39, 0.29) is 70.5 Å². The molecule has 8 heterocycles. The fourth-order valence-corrected chi connectivity index (χ4v) is 16.2. The zero-order valence-corrected chi connectivity index (χ0v) is 68.3. The Hall–Kier alpha value is -11.7. The van der Waals surface area contributed by atoms with E-state index in [1.165, 1.54) is 26.3 Å². The summed E-state index contributed by atoms with van der Waals surface area (Å²) in [7, 11) is 0.207. The highest BCUT2D eigenvalue weighted by Gasteiger charge is 2.51. The number of rotatable bonds is 16. The van der Waals surface area contributed by atoms with Gasteiger partial charge >= 0.3 is 5.97 Å². The molecule has 3 fully saturated rings. The molecule has 9 N–H and O–H groups in total. The highest BCUT2D eigenvalue weighted by molar-refractivity contribution is 7.91. The van der Waals surface area contributed by atoms with Crippen LogP contribution < -0.4 is 56.7 Å². The van der Waals surface area contributed by atoms with Crippen molar-refractivity contribution in [1.29, 1.82) is 0 Å². The number of amides is 9. The first kappa shape index (κ1) is 84.7. The van der Waals surface area contributed by atoms with Crippen molar-refractivity contribution in [3.8, 4) is 11.5 Å². The van der Waals surface area contributed by atoms with E-state index in [1.54, 1.807) is 136 Å². The van der Waals surface area contributed by atoms with Gasteiger partial charge in [0, 0.05) is 38.8 Å². The number of fused-ring (bicyclic) bond motifs is 2. The highest BCUT2D eigenvalue weighted by Crippen LogP contribution is 2.36. The second-order valence-corrected chi connectivity index (χ2v) is 34.7. The molecule has 32 nitrogen and oxygen atoms in total. The lowest BCUT2D eigenvalue weighted by molar-refractivity contribution is -0.146. The summed E-state index contributed by atoms with van der Waals surface area (Å²) in [5, 5.41) is 43.8. The molecule has 12 atom stereocenters. The van der Waals surface area contributed by atoms with E-state index in [9.17, 15) is 27.6 Å².